The molecule has 0 fully saturated rings. The third-order valence-electron chi connectivity index (χ3n) is 5.12. The highest BCUT2D eigenvalue weighted by Crippen LogP contribution is 2.18. The summed E-state index contributed by atoms with van der Waals surface area (Å²) in [5.41, 5.74) is 1.81. The molecule has 0 aliphatic carbocycles. The molecular weight excluding hydrogens is 408 g/mol. The summed E-state index contributed by atoms with van der Waals surface area (Å²) in [7, 11) is 1.77. The van der Waals surface area contributed by atoms with E-state index in [4.69, 9.17) is 4.74 Å². The number of rotatable bonds is 9. The van der Waals surface area contributed by atoms with Crippen molar-refractivity contribution in [2.24, 2.45) is 7.05 Å². The molecule has 2 N–H and O–H groups in total. The molecular formula is C24H28N4O4. The number of para-hydroxylation sites is 2. The summed E-state index contributed by atoms with van der Waals surface area (Å²) in [5.74, 6) is -0.00132. The molecule has 0 aliphatic rings. The first kappa shape index (κ1) is 22.9. The number of hydrogen-bond acceptors (Lipinski definition) is 4. The van der Waals surface area contributed by atoms with Gasteiger partial charge in [0.25, 0.3) is 11.5 Å². The average molecular weight is 437 g/mol. The molecule has 0 spiro atoms. The standard InChI is InChI=1S/C24H28N4O4/c1-4-32-20-14-9-8-13-19(20)23(30)25-16-10-15-21(29)26-22-17(2)27(3)28(24(22)31)18-11-6-5-7-12-18/h5-9,11-14H,4,10,15-16H2,1-3H3,(H,25,30)(H,26,29). The topological polar surface area (TPSA) is 94.4 Å². The number of nitrogens with one attached hydrogen (secondary N) is 2. The van der Waals surface area contributed by atoms with Crippen LogP contribution < -0.4 is 20.9 Å². The summed E-state index contributed by atoms with van der Waals surface area (Å²) in [6.45, 7) is 4.44. The summed E-state index contributed by atoms with van der Waals surface area (Å²) in [6.07, 6.45) is 0.611. The number of carbonyl (C=O) groups excluding carboxylic acids is 2. The van der Waals surface area contributed by atoms with Gasteiger partial charge in [-0.25, -0.2) is 4.68 Å². The van der Waals surface area contributed by atoms with Crippen molar-refractivity contribution in [1.82, 2.24) is 14.7 Å². The van der Waals surface area contributed by atoms with Crippen LogP contribution >= 0.6 is 0 Å². The zero-order valence-corrected chi connectivity index (χ0v) is 18.6. The fourth-order valence-electron chi connectivity index (χ4n) is 3.40. The fraction of sp³-hybridized carbons (Fsp3) is 0.292. The van der Waals surface area contributed by atoms with Crippen LogP contribution in [0.15, 0.2) is 59.4 Å². The third-order valence-corrected chi connectivity index (χ3v) is 5.12. The summed E-state index contributed by atoms with van der Waals surface area (Å²) in [4.78, 5) is 37.7. The fourth-order valence-corrected chi connectivity index (χ4v) is 3.40. The largest absolute Gasteiger partial charge is 0.493 e. The Morgan fingerprint density at radius 3 is 2.44 bits per heavy atom. The van der Waals surface area contributed by atoms with E-state index in [0.29, 0.717) is 36.6 Å². The zero-order valence-electron chi connectivity index (χ0n) is 18.6. The molecule has 3 rings (SSSR count). The van der Waals surface area contributed by atoms with Crippen molar-refractivity contribution >= 4 is 17.5 Å². The lowest BCUT2D eigenvalue weighted by molar-refractivity contribution is -0.116. The monoisotopic (exact) mass is 436 g/mol. The summed E-state index contributed by atoms with van der Waals surface area (Å²) < 4.78 is 8.70. The van der Waals surface area contributed by atoms with Crippen molar-refractivity contribution < 1.29 is 14.3 Å². The van der Waals surface area contributed by atoms with E-state index >= 15 is 0 Å². The maximum absolute atomic E-state index is 12.9. The van der Waals surface area contributed by atoms with Crippen molar-refractivity contribution in [1.29, 1.82) is 0 Å². The summed E-state index contributed by atoms with van der Waals surface area (Å²) >= 11 is 0. The van der Waals surface area contributed by atoms with Gasteiger partial charge in [-0.15, -0.1) is 0 Å². The molecule has 0 unspecified atom stereocenters. The number of hydrogen-bond donors (Lipinski definition) is 2. The Hall–Kier alpha value is -3.81. The van der Waals surface area contributed by atoms with Gasteiger partial charge < -0.3 is 15.4 Å². The molecule has 2 aromatic carbocycles. The van der Waals surface area contributed by atoms with E-state index in [1.807, 2.05) is 43.3 Å². The van der Waals surface area contributed by atoms with Gasteiger partial charge in [0, 0.05) is 20.0 Å². The van der Waals surface area contributed by atoms with Crippen LogP contribution in [0, 0.1) is 6.92 Å². The van der Waals surface area contributed by atoms with E-state index in [0.717, 1.165) is 5.69 Å². The smallest absolute Gasteiger partial charge is 0.295 e. The van der Waals surface area contributed by atoms with Crippen molar-refractivity contribution in [2.75, 3.05) is 18.5 Å². The molecule has 8 heteroatoms. The quantitative estimate of drug-likeness (QED) is 0.504. The second kappa shape index (κ2) is 10.5. The van der Waals surface area contributed by atoms with Gasteiger partial charge in [-0.2, -0.15) is 0 Å². The number of amides is 2. The second-order valence-corrected chi connectivity index (χ2v) is 7.27. The van der Waals surface area contributed by atoms with Crippen molar-refractivity contribution in [3.05, 3.63) is 76.2 Å². The predicted molar refractivity (Wildman–Crippen MR) is 124 cm³/mol. The minimum absolute atomic E-state index is 0.173. The van der Waals surface area contributed by atoms with Crippen molar-refractivity contribution in [3.8, 4) is 11.4 Å². The molecule has 8 nitrogen and oxygen atoms in total. The van der Waals surface area contributed by atoms with Crippen LogP contribution in [-0.2, 0) is 11.8 Å². The van der Waals surface area contributed by atoms with Crippen LogP contribution in [0.25, 0.3) is 5.69 Å². The lowest BCUT2D eigenvalue weighted by Crippen LogP contribution is -2.26. The Balaban J connectivity index is 1.56. The van der Waals surface area contributed by atoms with Gasteiger partial charge in [0.05, 0.1) is 23.6 Å². The van der Waals surface area contributed by atoms with Gasteiger partial charge >= 0.3 is 0 Å². The highest BCUT2D eigenvalue weighted by molar-refractivity contribution is 5.97. The highest BCUT2D eigenvalue weighted by atomic mass is 16.5. The zero-order chi connectivity index (χ0) is 23.1. The van der Waals surface area contributed by atoms with Crippen LogP contribution in [0.4, 0.5) is 5.69 Å². The maximum atomic E-state index is 12.9. The lowest BCUT2D eigenvalue weighted by Gasteiger charge is -2.10. The van der Waals surface area contributed by atoms with Crippen LogP contribution in [0.2, 0.25) is 0 Å². The summed E-state index contributed by atoms with van der Waals surface area (Å²) in [6, 6.07) is 16.3. The molecule has 32 heavy (non-hydrogen) atoms. The molecule has 1 heterocycles. The van der Waals surface area contributed by atoms with Crippen LogP contribution in [0.5, 0.6) is 5.75 Å². The van der Waals surface area contributed by atoms with E-state index in [1.165, 1.54) is 4.68 Å². The van der Waals surface area contributed by atoms with Crippen LogP contribution in [-0.4, -0.2) is 34.3 Å². The van der Waals surface area contributed by atoms with E-state index in [-0.39, 0.29) is 29.5 Å². The minimum atomic E-state index is -0.287. The maximum Gasteiger partial charge on any atom is 0.295 e. The minimum Gasteiger partial charge on any atom is -0.493 e. The number of aromatic nitrogens is 2. The first-order valence-electron chi connectivity index (χ1n) is 10.6. The van der Waals surface area contributed by atoms with Gasteiger partial charge in [-0.1, -0.05) is 30.3 Å². The molecule has 0 bridgehead atoms. The molecule has 0 aliphatic heterocycles. The molecule has 2 amide bonds. The van der Waals surface area contributed by atoms with Crippen molar-refractivity contribution in [3.63, 3.8) is 0 Å². The Kier molecular flexibility index (Phi) is 7.49. The van der Waals surface area contributed by atoms with Crippen LogP contribution in [0.3, 0.4) is 0 Å². The SMILES string of the molecule is CCOc1ccccc1C(=O)NCCCC(=O)Nc1c(C)n(C)n(-c2ccccc2)c1=O. The van der Waals surface area contributed by atoms with Crippen LogP contribution in [0.1, 0.15) is 35.8 Å². The average Bonchev–Trinajstić information content (AvgIpc) is 3.01. The Morgan fingerprint density at radius 1 is 1.03 bits per heavy atom. The Labute approximate surface area is 186 Å². The molecule has 0 saturated carbocycles. The third kappa shape index (κ3) is 5.08. The van der Waals surface area contributed by atoms with Gasteiger partial charge in [-0.3, -0.25) is 19.1 Å². The second-order valence-electron chi connectivity index (χ2n) is 7.27. The number of carbonyl (C=O) groups is 2. The molecule has 3 aromatic rings. The number of benzene rings is 2. The van der Waals surface area contributed by atoms with E-state index in [1.54, 1.807) is 36.9 Å². The molecule has 1 aromatic heterocycles. The molecule has 0 saturated heterocycles. The lowest BCUT2D eigenvalue weighted by atomic mass is 10.2. The highest BCUT2D eigenvalue weighted by Gasteiger charge is 2.18. The van der Waals surface area contributed by atoms with Gasteiger partial charge in [0.2, 0.25) is 5.91 Å². The van der Waals surface area contributed by atoms with Crippen molar-refractivity contribution in [2.45, 2.75) is 26.7 Å². The van der Waals surface area contributed by atoms with E-state index in [2.05, 4.69) is 10.6 Å². The van der Waals surface area contributed by atoms with E-state index in [9.17, 15) is 14.4 Å². The molecule has 0 radical (unpaired) electrons. The van der Waals surface area contributed by atoms with E-state index < -0.39 is 0 Å². The molecule has 168 valence electrons. The Bertz CT molecular complexity index is 1150. The number of anilines is 1. The Morgan fingerprint density at radius 2 is 1.72 bits per heavy atom. The summed E-state index contributed by atoms with van der Waals surface area (Å²) in [5, 5.41) is 5.53. The first-order chi connectivity index (χ1) is 15.4. The first-order valence-corrected chi connectivity index (χ1v) is 10.6. The molecule has 0 atom stereocenters. The predicted octanol–water partition coefficient (Wildman–Crippen LogP) is 3.03. The van der Waals surface area contributed by atoms with Gasteiger partial charge in [0.15, 0.2) is 0 Å². The number of ether oxygens (including phenoxy) is 1. The normalized spacial score (nSPS) is 10.6. The van der Waals surface area contributed by atoms with Gasteiger partial charge in [0.1, 0.15) is 11.4 Å². The number of nitrogens with zero attached hydrogens (tertiary/aromatic N) is 2. The van der Waals surface area contributed by atoms with Gasteiger partial charge in [-0.05, 0) is 44.5 Å².